The van der Waals surface area contributed by atoms with E-state index in [-0.39, 0.29) is 12.1 Å². The summed E-state index contributed by atoms with van der Waals surface area (Å²) >= 11 is 0. The monoisotopic (exact) mass is 288 g/mol. The molecule has 8 nitrogen and oxygen atoms in total. The van der Waals surface area contributed by atoms with E-state index < -0.39 is 11.8 Å². The molecule has 110 valence electrons. The Morgan fingerprint density at radius 1 is 1.29 bits per heavy atom. The highest BCUT2D eigenvalue weighted by Crippen LogP contribution is 2.16. The minimum Gasteiger partial charge on any atom is -0.369 e. The summed E-state index contributed by atoms with van der Waals surface area (Å²) in [7, 11) is 0. The molecule has 1 aromatic carbocycles. The predicted molar refractivity (Wildman–Crippen MR) is 76.4 cm³/mol. The van der Waals surface area contributed by atoms with E-state index in [0.29, 0.717) is 24.3 Å². The van der Waals surface area contributed by atoms with Gasteiger partial charge in [-0.3, -0.25) is 14.3 Å². The molecule has 5 N–H and O–H groups in total. The number of benzene rings is 1. The molecule has 0 spiro atoms. The summed E-state index contributed by atoms with van der Waals surface area (Å²) in [6.45, 7) is 0.893. The standard InChI is InChI=1S/C13H16N6O2/c14-5-6-19-8-11(17-18-19)13(21)16-10-4-2-1-3-9(10)7-12(15)20/h1-4,8H,5-7,14H2,(H2,15,20)(H,16,21). The number of nitrogens with zero attached hydrogens (tertiary/aromatic N) is 3. The lowest BCUT2D eigenvalue weighted by molar-refractivity contribution is -0.117. The van der Waals surface area contributed by atoms with Gasteiger partial charge in [-0.2, -0.15) is 0 Å². The highest BCUT2D eigenvalue weighted by Gasteiger charge is 2.13. The first kappa shape index (κ1) is 14.7. The van der Waals surface area contributed by atoms with Gasteiger partial charge in [-0.15, -0.1) is 5.10 Å². The van der Waals surface area contributed by atoms with Gasteiger partial charge in [0, 0.05) is 12.2 Å². The van der Waals surface area contributed by atoms with Crippen molar-refractivity contribution in [3.63, 3.8) is 0 Å². The first-order valence-corrected chi connectivity index (χ1v) is 6.38. The Hall–Kier alpha value is -2.74. The van der Waals surface area contributed by atoms with Gasteiger partial charge in [0.1, 0.15) is 0 Å². The highest BCUT2D eigenvalue weighted by atomic mass is 16.2. The van der Waals surface area contributed by atoms with Crippen LogP contribution in [-0.2, 0) is 17.8 Å². The van der Waals surface area contributed by atoms with Crippen LogP contribution >= 0.6 is 0 Å². The second kappa shape index (κ2) is 6.62. The average Bonchev–Trinajstić information content (AvgIpc) is 2.89. The molecular weight excluding hydrogens is 272 g/mol. The quantitative estimate of drug-likeness (QED) is 0.661. The van der Waals surface area contributed by atoms with Crippen molar-refractivity contribution in [1.29, 1.82) is 0 Å². The van der Waals surface area contributed by atoms with Crippen LogP contribution in [0.2, 0.25) is 0 Å². The van der Waals surface area contributed by atoms with E-state index in [2.05, 4.69) is 15.6 Å². The molecule has 0 aliphatic rings. The van der Waals surface area contributed by atoms with Crippen LogP contribution < -0.4 is 16.8 Å². The molecule has 8 heteroatoms. The smallest absolute Gasteiger partial charge is 0.277 e. The van der Waals surface area contributed by atoms with Gasteiger partial charge in [-0.25, -0.2) is 0 Å². The number of hydrogen-bond donors (Lipinski definition) is 3. The van der Waals surface area contributed by atoms with Crippen LogP contribution in [0.1, 0.15) is 16.1 Å². The van der Waals surface area contributed by atoms with Gasteiger partial charge in [-0.05, 0) is 11.6 Å². The molecule has 0 saturated carbocycles. The topological polar surface area (TPSA) is 129 Å². The van der Waals surface area contributed by atoms with Gasteiger partial charge in [-0.1, -0.05) is 23.4 Å². The first-order valence-electron chi connectivity index (χ1n) is 6.38. The molecule has 0 atom stereocenters. The molecule has 0 aliphatic carbocycles. The van der Waals surface area contributed by atoms with Gasteiger partial charge >= 0.3 is 0 Å². The Bertz CT molecular complexity index is 652. The number of para-hydroxylation sites is 1. The Morgan fingerprint density at radius 3 is 2.76 bits per heavy atom. The molecule has 0 radical (unpaired) electrons. The molecule has 1 aromatic heterocycles. The molecule has 0 fully saturated rings. The van der Waals surface area contributed by atoms with Crippen LogP contribution in [0.15, 0.2) is 30.5 Å². The second-order valence-corrected chi connectivity index (χ2v) is 4.41. The molecule has 2 aromatic rings. The summed E-state index contributed by atoms with van der Waals surface area (Å²) in [6, 6.07) is 6.95. The minimum absolute atomic E-state index is 0.0519. The number of nitrogens with two attached hydrogens (primary N) is 2. The van der Waals surface area contributed by atoms with Crippen LogP contribution in [0.3, 0.4) is 0 Å². The summed E-state index contributed by atoms with van der Waals surface area (Å²) in [5.74, 6) is -0.874. The summed E-state index contributed by atoms with van der Waals surface area (Å²) in [5.41, 5.74) is 11.9. The fraction of sp³-hybridized carbons (Fsp3) is 0.231. The van der Waals surface area contributed by atoms with Crippen molar-refractivity contribution in [2.45, 2.75) is 13.0 Å². The predicted octanol–water partition coefficient (Wildman–Crippen LogP) is -0.483. The van der Waals surface area contributed by atoms with Crippen LogP contribution in [0.5, 0.6) is 0 Å². The number of carbonyl (C=O) groups is 2. The number of amides is 2. The highest BCUT2D eigenvalue weighted by molar-refractivity contribution is 6.03. The summed E-state index contributed by atoms with van der Waals surface area (Å²) in [6.07, 6.45) is 1.56. The van der Waals surface area contributed by atoms with Gasteiger partial charge in [0.2, 0.25) is 5.91 Å². The minimum atomic E-state index is -0.467. The number of anilines is 1. The van der Waals surface area contributed by atoms with Crippen LogP contribution in [-0.4, -0.2) is 33.4 Å². The number of nitrogens with one attached hydrogen (secondary N) is 1. The van der Waals surface area contributed by atoms with E-state index >= 15 is 0 Å². The Kier molecular flexibility index (Phi) is 4.62. The summed E-state index contributed by atoms with van der Waals surface area (Å²) < 4.78 is 1.49. The van der Waals surface area contributed by atoms with Crippen molar-refractivity contribution >= 4 is 17.5 Å². The Balaban J connectivity index is 2.13. The SMILES string of the molecule is NCCn1cc(C(=O)Nc2ccccc2CC(N)=O)nn1. The maximum Gasteiger partial charge on any atom is 0.277 e. The van der Waals surface area contributed by atoms with Crippen molar-refractivity contribution in [2.75, 3.05) is 11.9 Å². The first-order chi connectivity index (χ1) is 10.1. The van der Waals surface area contributed by atoms with Gasteiger partial charge in [0.25, 0.3) is 5.91 Å². The fourth-order valence-electron chi connectivity index (χ4n) is 1.81. The third kappa shape index (κ3) is 3.86. The lowest BCUT2D eigenvalue weighted by Crippen LogP contribution is -2.18. The van der Waals surface area contributed by atoms with E-state index in [1.165, 1.54) is 10.9 Å². The van der Waals surface area contributed by atoms with E-state index in [1.807, 2.05) is 0 Å². The molecule has 2 amide bonds. The zero-order valence-electron chi connectivity index (χ0n) is 11.3. The molecule has 0 aliphatic heterocycles. The molecule has 1 heterocycles. The van der Waals surface area contributed by atoms with E-state index in [1.54, 1.807) is 24.3 Å². The lowest BCUT2D eigenvalue weighted by atomic mass is 10.1. The van der Waals surface area contributed by atoms with Crippen molar-refractivity contribution in [3.8, 4) is 0 Å². The maximum atomic E-state index is 12.1. The number of hydrogen-bond acceptors (Lipinski definition) is 5. The summed E-state index contributed by atoms with van der Waals surface area (Å²) in [4.78, 5) is 23.1. The number of carbonyl (C=O) groups excluding carboxylic acids is 2. The molecule has 2 rings (SSSR count). The van der Waals surface area contributed by atoms with Gasteiger partial charge in [0.05, 0.1) is 19.2 Å². The van der Waals surface area contributed by atoms with Gasteiger partial charge in [0.15, 0.2) is 5.69 Å². The third-order valence-electron chi connectivity index (χ3n) is 2.76. The van der Waals surface area contributed by atoms with Crippen molar-refractivity contribution in [2.24, 2.45) is 11.5 Å². The normalized spacial score (nSPS) is 10.3. The second-order valence-electron chi connectivity index (χ2n) is 4.41. The van der Waals surface area contributed by atoms with Crippen molar-refractivity contribution in [1.82, 2.24) is 15.0 Å². The molecular formula is C13H16N6O2. The molecule has 21 heavy (non-hydrogen) atoms. The summed E-state index contributed by atoms with van der Waals surface area (Å²) in [5, 5.41) is 10.3. The maximum absolute atomic E-state index is 12.1. The number of aromatic nitrogens is 3. The largest absolute Gasteiger partial charge is 0.369 e. The average molecular weight is 288 g/mol. The number of primary amides is 1. The van der Waals surface area contributed by atoms with E-state index in [9.17, 15) is 9.59 Å². The molecule has 0 saturated heterocycles. The number of rotatable bonds is 6. The fourth-order valence-corrected chi connectivity index (χ4v) is 1.81. The molecule has 0 bridgehead atoms. The van der Waals surface area contributed by atoms with Crippen LogP contribution in [0.4, 0.5) is 5.69 Å². The van der Waals surface area contributed by atoms with Crippen molar-refractivity contribution < 1.29 is 9.59 Å². The Labute approximate surface area is 121 Å². The van der Waals surface area contributed by atoms with Crippen molar-refractivity contribution in [3.05, 3.63) is 41.7 Å². The zero-order chi connectivity index (χ0) is 15.2. The van der Waals surface area contributed by atoms with Crippen LogP contribution in [0, 0.1) is 0 Å². The molecule has 0 unspecified atom stereocenters. The van der Waals surface area contributed by atoms with Gasteiger partial charge < -0.3 is 16.8 Å². The van der Waals surface area contributed by atoms with E-state index in [4.69, 9.17) is 11.5 Å². The van der Waals surface area contributed by atoms with E-state index in [0.717, 1.165) is 0 Å². The zero-order valence-corrected chi connectivity index (χ0v) is 11.3. The lowest BCUT2D eigenvalue weighted by Gasteiger charge is -2.08. The third-order valence-corrected chi connectivity index (χ3v) is 2.76. The van der Waals surface area contributed by atoms with Crippen LogP contribution in [0.25, 0.3) is 0 Å². The Morgan fingerprint density at radius 2 is 2.05 bits per heavy atom.